The Morgan fingerprint density at radius 2 is 2.24 bits per heavy atom. The molecule has 0 aromatic carbocycles. The van der Waals surface area contributed by atoms with Gasteiger partial charge < -0.3 is 9.64 Å². The number of ether oxygens (including phenoxy) is 1. The molecule has 0 saturated heterocycles. The fourth-order valence-corrected chi connectivity index (χ4v) is 3.59. The molecule has 1 aliphatic heterocycles. The number of nitro groups is 1. The first kappa shape index (κ1) is 17.5. The van der Waals surface area contributed by atoms with Crippen molar-refractivity contribution in [2.75, 3.05) is 11.5 Å². The summed E-state index contributed by atoms with van der Waals surface area (Å²) in [4.78, 5) is 21.0. The Kier molecular flexibility index (Phi) is 5.42. The molecule has 1 saturated carbocycles. The van der Waals surface area contributed by atoms with Crippen LogP contribution < -0.4 is 4.90 Å². The van der Waals surface area contributed by atoms with Crippen LogP contribution >= 0.6 is 11.6 Å². The van der Waals surface area contributed by atoms with E-state index >= 15 is 0 Å². The van der Waals surface area contributed by atoms with Crippen LogP contribution in [0.3, 0.4) is 0 Å². The summed E-state index contributed by atoms with van der Waals surface area (Å²) >= 11 is 5.96. The molecule has 0 radical (unpaired) electrons. The monoisotopic (exact) mass is 366 g/mol. The fourth-order valence-electron chi connectivity index (χ4n) is 3.46. The van der Waals surface area contributed by atoms with Crippen molar-refractivity contribution in [3.8, 4) is 0 Å². The van der Waals surface area contributed by atoms with Crippen LogP contribution in [0.15, 0.2) is 16.4 Å². The van der Waals surface area contributed by atoms with Crippen LogP contribution in [0.4, 0.5) is 11.5 Å². The Labute approximate surface area is 149 Å². The molecule has 0 unspecified atom stereocenters. The topological polar surface area (TPSA) is 106 Å². The van der Waals surface area contributed by atoms with E-state index in [0.717, 1.165) is 37.6 Å². The molecule has 9 nitrogen and oxygen atoms in total. The number of hydrogen-bond acceptors (Lipinski definition) is 8. The maximum Gasteiger partial charge on any atom is 0.329 e. The summed E-state index contributed by atoms with van der Waals surface area (Å²) in [5.41, 5.74) is 0.566. The van der Waals surface area contributed by atoms with E-state index in [-0.39, 0.29) is 28.9 Å². The van der Waals surface area contributed by atoms with Gasteiger partial charge >= 0.3 is 5.69 Å². The molecule has 10 heteroatoms. The quantitative estimate of drug-likeness (QED) is 0.435. The van der Waals surface area contributed by atoms with Crippen LogP contribution in [-0.2, 0) is 4.74 Å². The molecular formula is C15H19ClN6O3. The fraction of sp³-hybridized carbons (Fsp3) is 0.600. The molecular weight excluding hydrogens is 348 g/mol. The van der Waals surface area contributed by atoms with Crippen molar-refractivity contribution in [3.05, 3.63) is 21.6 Å². The van der Waals surface area contributed by atoms with Gasteiger partial charge in [-0.2, -0.15) is 10.1 Å². The van der Waals surface area contributed by atoms with E-state index in [1.165, 1.54) is 6.40 Å². The lowest BCUT2D eigenvalue weighted by atomic mass is 10.0. The van der Waals surface area contributed by atoms with Gasteiger partial charge in [-0.1, -0.05) is 19.8 Å². The molecule has 0 spiro atoms. The summed E-state index contributed by atoms with van der Waals surface area (Å²) in [6, 6.07) is -0.0755. The van der Waals surface area contributed by atoms with Crippen LogP contribution in [0, 0.1) is 10.1 Å². The third kappa shape index (κ3) is 3.71. The van der Waals surface area contributed by atoms with E-state index in [2.05, 4.69) is 20.2 Å². The number of halogens is 1. The number of anilines is 1. The highest BCUT2D eigenvalue weighted by atomic mass is 35.5. The zero-order valence-electron chi connectivity index (χ0n) is 13.8. The van der Waals surface area contributed by atoms with Crippen molar-refractivity contribution in [2.45, 2.75) is 51.1 Å². The van der Waals surface area contributed by atoms with E-state index in [4.69, 9.17) is 16.3 Å². The summed E-state index contributed by atoms with van der Waals surface area (Å²) in [7, 11) is 0. The van der Waals surface area contributed by atoms with Crippen molar-refractivity contribution in [1.82, 2.24) is 9.97 Å². The predicted octanol–water partition coefficient (Wildman–Crippen LogP) is 2.98. The molecule has 0 N–H and O–H groups in total. The third-order valence-electron chi connectivity index (χ3n) is 4.53. The molecule has 2 heterocycles. The first-order chi connectivity index (χ1) is 12.1. The molecule has 134 valence electrons. The van der Waals surface area contributed by atoms with E-state index in [9.17, 15) is 10.1 Å². The second kappa shape index (κ2) is 7.73. The molecule has 0 bridgehead atoms. The molecule has 3 rings (SSSR count). The molecule has 1 fully saturated rings. The van der Waals surface area contributed by atoms with Crippen molar-refractivity contribution in [2.24, 2.45) is 10.2 Å². The van der Waals surface area contributed by atoms with Gasteiger partial charge in [0.15, 0.2) is 6.40 Å². The first-order valence-electron chi connectivity index (χ1n) is 8.27. The van der Waals surface area contributed by atoms with E-state index in [1.807, 2.05) is 11.8 Å². The Hall–Kier alpha value is -2.29. The second-order valence-electron chi connectivity index (χ2n) is 6.00. The Balaban J connectivity index is 2.09. The second-order valence-corrected chi connectivity index (χ2v) is 6.34. The highest BCUT2D eigenvalue weighted by Gasteiger charge is 2.36. The lowest BCUT2D eigenvalue weighted by molar-refractivity contribution is -0.384. The Morgan fingerprint density at radius 1 is 1.48 bits per heavy atom. The summed E-state index contributed by atoms with van der Waals surface area (Å²) in [5, 5.41) is 19.5. The molecule has 25 heavy (non-hydrogen) atoms. The van der Waals surface area contributed by atoms with Crippen LogP contribution in [0.5, 0.6) is 0 Å². The van der Waals surface area contributed by atoms with Gasteiger partial charge in [-0.3, -0.25) is 10.1 Å². The summed E-state index contributed by atoms with van der Waals surface area (Å²) in [6.07, 6.45) is 7.17. The summed E-state index contributed by atoms with van der Waals surface area (Å²) in [6.45, 7) is 2.31. The number of hydrogen-bond donors (Lipinski definition) is 0. The highest BCUT2D eigenvalue weighted by molar-refractivity contribution is 6.28. The maximum atomic E-state index is 11.5. The van der Waals surface area contributed by atoms with Gasteiger partial charge in [0.05, 0.1) is 11.0 Å². The molecule has 1 aromatic rings. The van der Waals surface area contributed by atoms with E-state index in [0.29, 0.717) is 13.0 Å². The maximum absolute atomic E-state index is 11.5. The lowest BCUT2D eigenvalue weighted by Gasteiger charge is -2.37. The van der Waals surface area contributed by atoms with Crippen molar-refractivity contribution in [1.29, 1.82) is 0 Å². The summed E-state index contributed by atoms with van der Waals surface area (Å²) < 4.78 is 5.27. The number of nitrogens with zero attached hydrogens (tertiary/aromatic N) is 6. The highest BCUT2D eigenvalue weighted by Crippen LogP contribution is 2.35. The van der Waals surface area contributed by atoms with Gasteiger partial charge in [0.25, 0.3) is 0 Å². The van der Waals surface area contributed by atoms with Crippen LogP contribution in [0.25, 0.3) is 0 Å². The standard InChI is InChI=1S/C15H19ClN6O3/c1-2-12(11-8-25-9-18-20-11)21(10-5-3-4-6-10)14-13(22(23)24)7-17-15(16)19-14/h7,9-10,12H,2-6,8H2,1H3/t12-/m1/s1. The smallest absolute Gasteiger partial charge is 0.329 e. The molecule has 1 aromatic heterocycles. The number of rotatable bonds is 6. The largest absolute Gasteiger partial charge is 0.476 e. The minimum Gasteiger partial charge on any atom is -0.476 e. The SMILES string of the molecule is CC[C@H](C1=NN=COC1)N(c1nc(Cl)ncc1[N+](=O)[O-])C1CCCC1. The zero-order chi connectivity index (χ0) is 17.8. The van der Waals surface area contributed by atoms with Crippen molar-refractivity contribution < 1.29 is 9.66 Å². The Morgan fingerprint density at radius 3 is 2.84 bits per heavy atom. The van der Waals surface area contributed by atoms with Crippen LogP contribution in [0.1, 0.15) is 39.0 Å². The normalized spacial score (nSPS) is 18.6. The summed E-state index contributed by atoms with van der Waals surface area (Å²) in [5.74, 6) is 0.237. The zero-order valence-corrected chi connectivity index (χ0v) is 14.6. The minimum absolute atomic E-state index is 0.0155. The van der Waals surface area contributed by atoms with Gasteiger partial charge in [-0.05, 0) is 30.9 Å². The van der Waals surface area contributed by atoms with Crippen molar-refractivity contribution >= 4 is 35.2 Å². The minimum atomic E-state index is -0.475. The van der Waals surface area contributed by atoms with Gasteiger partial charge in [0.2, 0.25) is 11.1 Å². The predicted molar refractivity (Wildman–Crippen MR) is 94.4 cm³/mol. The number of aromatic nitrogens is 2. The molecule has 1 atom stereocenters. The van der Waals surface area contributed by atoms with E-state index in [1.54, 1.807) is 0 Å². The van der Waals surface area contributed by atoms with E-state index < -0.39 is 4.92 Å². The first-order valence-corrected chi connectivity index (χ1v) is 8.64. The average molecular weight is 367 g/mol. The van der Waals surface area contributed by atoms with Gasteiger partial charge in [0.1, 0.15) is 18.5 Å². The van der Waals surface area contributed by atoms with Crippen LogP contribution in [0.2, 0.25) is 5.28 Å². The third-order valence-corrected chi connectivity index (χ3v) is 4.71. The molecule has 0 amide bonds. The van der Waals surface area contributed by atoms with Gasteiger partial charge in [-0.25, -0.2) is 4.98 Å². The average Bonchev–Trinajstić information content (AvgIpc) is 3.14. The molecule has 1 aliphatic carbocycles. The van der Waals surface area contributed by atoms with Gasteiger partial charge in [0, 0.05) is 6.04 Å². The van der Waals surface area contributed by atoms with Crippen LogP contribution in [-0.4, -0.2) is 45.7 Å². The lowest BCUT2D eigenvalue weighted by Crippen LogP contribution is -2.48. The van der Waals surface area contributed by atoms with Gasteiger partial charge in [-0.15, -0.1) is 5.10 Å². The molecule has 2 aliphatic rings. The van der Waals surface area contributed by atoms with Crippen molar-refractivity contribution in [3.63, 3.8) is 0 Å². The Bertz CT molecular complexity index is 705.